The summed E-state index contributed by atoms with van der Waals surface area (Å²) in [5.41, 5.74) is 5.39. The summed E-state index contributed by atoms with van der Waals surface area (Å²) in [7, 11) is 0. The van der Waals surface area contributed by atoms with Crippen molar-refractivity contribution in [2.45, 2.75) is 37.7 Å². The highest BCUT2D eigenvalue weighted by Crippen LogP contribution is 2.19. The molecule has 0 spiro atoms. The van der Waals surface area contributed by atoms with Gasteiger partial charge < -0.3 is 10.8 Å². The van der Waals surface area contributed by atoms with Crippen LogP contribution in [0.4, 0.5) is 17.6 Å². The number of hydrogen-bond acceptors (Lipinski definition) is 2. The zero-order valence-electron chi connectivity index (χ0n) is 7.22. The van der Waals surface area contributed by atoms with Gasteiger partial charge >= 0.3 is 12.1 Å². The smallest absolute Gasteiger partial charge is 0.475 e. The molecule has 0 aromatic rings. The van der Waals surface area contributed by atoms with E-state index in [4.69, 9.17) is 15.6 Å². The van der Waals surface area contributed by atoms with Crippen molar-refractivity contribution in [1.29, 1.82) is 0 Å². The standard InChI is InChI=1S/C5H10FN.C2HF3O2/c6-4-1-2-5(7)3-4;3-2(4,5)1(6)7/h4-5H,1-3,7H2;(H,6,7). The van der Waals surface area contributed by atoms with E-state index < -0.39 is 18.3 Å². The summed E-state index contributed by atoms with van der Waals surface area (Å²) in [4.78, 5) is 8.90. The van der Waals surface area contributed by atoms with Gasteiger partial charge in [0.15, 0.2) is 0 Å². The van der Waals surface area contributed by atoms with E-state index in [0.29, 0.717) is 12.8 Å². The van der Waals surface area contributed by atoms with Gasteiger partial charge in [-0.2, -0.15) is 13.2 Å². The lowest BCUT2D eigenvalue weighted by Crippen LogP contribution is -2.21. The van der Waals surface area contributed by atoms with Gasteiger partial charge in [0, 0.05) is 6.04 Å². The van der Waals surface area contributed by atoms with Gasteiger partial charge in [-0.1, -0.05) is 0 Å². The molecule has 7 heteroatoms. The molecule has 0 bridgehead atoms. The van der Waals surface area contributed by atoms with Crippen molar-refractivity contribution >= 4 is 5.97 Å². The van der Waals surface area contributed by atoms with Gasteiger partial charge in [-0.05, 0) is 19.3 Å². The molecule has 1 rings (SSSR count). The number of rotatable bonds is 0. The van der Waals surface area contributed by atoms with Crippen LogP contribution < -0.4 is 5.73 Å². The van der Waals surface area contributed by atoms with Crippen molar-refractivity contribution in [2.75, 3.05) is 0 Å². The first-order chi connectivity index (χ1) is 6.23. The zero-order valence-corrected chi connectivity index (χ0v) is 7.22. The van der Waals surface area contributed by atoms with Gasteiger partial charge in [-0.3, -0.25) is 0 Å². The highest BCUT2D eigenvalue weighted by molar-refractivity contribution is 5.73. The topological polar surface area (TPSA) is 63.3 Å². The quantitative estimate of drug-likeness (QED) is 0.604. The summed E-state index contributed by atoms with van der Waals surface area (Å²) in [6.07, 6.45) is -3.54. The minimum atomic E-state index is -5.08. The molecule has 1 fully saturated rings. The molecule has 84 valence electrons. The van der Waals surface area contributed by atoms with Crippen molar-refractivity contribution in [3.8, 4) is 0 Å². The third-order valence-electron chi connectivity index (χ3n) is 1.65. The maximum absolute atomic E-state index is 12.1. The molecule has 3 nitrogen and oxygen atoms in total. The first-order valence-electron chi connectivity index (χ1n) is 3.93. The van der Waals surface area contributed by atoms with Crippen LogP contribution in [-0.2, 0) is 4.79 Å². The van der Waals surface area contributed by atoms with E-state index in [9.17, 15) is 17.6 Å². The summed E-state index contributed by atoms with van der Waals surface area (Å²) >= 11 is 0. The molecule has 1 aliphatic carbocycles. The molecule has 1 saturated carbocycles. The zero-order chi connectivity index (χ0) is 11.4. The Morgan fingerprint density at radius 3 is 1.86 bits per heavy atom. The number of carboxylic acid groups (broad SMARTS) is 1. The minimum Gasteiger partial charge on any atom is -0.475 e. The fourth-order valence-corrected chi connectivity index (χ4v) is 0.959. The summed E-state index contributed by atoms with van der Waals surface area (Å²) in [5, 5.41) is 7.12. The summed E-state index contributed by atoms with van der Waals surface area (Å²) in [5.74, 6) is -2.76. The number of halogens is 4. The van der Waals surface area contributed by atoms with E-state index in [2.05, 4.69) is 0 Å². The molecule has 0 radical (unpaired) electrons. The third kappa shape index (κ3) is 5.74. The van der Waals surface area contributed by atoms with Gasteiger partial charge in [-0.25, -0.2) is 9.18 Å². The summed E-state index contributed by atoms with van der Waals surface area (Å²) in [6.45, 7) is 0. The normalized spacial score (nSPS) is 26.6. The Balaban J connectivity index is 0.000000241. The van der Waals surface area contributed by atoms with Crippen LogP contribution in [-0.4, -0.2) is 29.5 Å². The Kier molecular flexibility index (Phi) is 4.82. The first-order valence-corrected chi connectivity index (χ1v) is 3.93. The van der Waals surface area contributed by atoms with Crippen molar-refractivity contribution < 1.29 is 27.5 Å². The maximum atomic E-state index is 12.1. The molecule has 0 aromatic heterocycles. The highest BCUT2D eigenvalue weighted by Gasteiger charge is 2.38. The van der Waals surface area contributed by atoms with Gasteiger partial charge in [0.25, 0.3) is 0 Å². The van der Waals surface area contributed by atoms with E-state index in [1.54, 1.807) is 0 Å². The van der Waals surface area contributed by atoms with E-state index in [1.165, 1.54) is 0 Å². The van der Waals surface area contributed by atoms with Crippen LogP contribution >= 0.6 is 0 Å². The Bertz CT molecular complexity index is 187. The van der Waals surface area contributed by atoms with Crippen LogP contribution in [0.5, 0.6) is 0 Å². The van der Waals surface area contributed by atoms with Gasteiger partial charge in [-0.15, -0.1) is 0 Å². The molecule has 0 aromatic carbocycles. The molecule has 3 N–H and O–H groups in total. The number of carboxylic acids is 1. The molecule has 1 aliphatic rings. The fraction of sp³-hybridized carbons (Fsp3) is 0.857. The number of hydrogen-bond donors (Lipinski definition) is 2. The summed E-state index contributed by atoms with van der Waals surface area (Å²) in [6, 6.07) is 0.148. The van der Waals surface area contributed by atoms with Crippen molar-refractivity contribution in [1.82, 2.24) is 0 Å². The van der Waals surface area contributed by atoms with Gasteiger partial charge in [0.05, 0.1) is 0 Å². The largest absolute Gasteiger partial charge is 0.490 e. The lowest BCUT2D eigenvalue weighted by Gasteiger charge is -1.94. The molecular weight excluding hydrogens is 206 g/mol. The SMILES string of the molecule is NC1CCC(F)C1.O=C(O)C(F)(F)F. The van der Waals surface area contributed by atoms with Crippen LogP contribution in [0.3, 0.4) is 0 Å². The molecule has 2 atom stereocenters. The number of aliphatic carboxylic acids is 1. The van der Waals surface area contributed by atoms with Crippen LogP contribution in [0.15, 0.2) is 0 Å². The molecular formula is C7H11F4NO2. The van der Waals surface area contributed by atoms with Crippen molar-refractivity contribution in [3.63, 3.8) is 0 Å². The second-order valence-corrected chi connectivity index (χ2v) is 2.97. The number of nitrogens with two attached hydrogens (primary N) is 1. The average Bonchev–Trinajstić information content (AvgIpc) is 2.33. The van der Waals surface area contributed by atoms with Crippen LogP contribution in [0, 0.1) is 0 Å². The lowest BCUT2D eigenvalue weighted by atomic mass is 10.3. The Hall–Kier alpha value is -0.850. The molecule has 0 amide bonds. The second kappa shape index (κ2) is 5.14. The Labute approximate surface area is 77.9 Å². The van der Waals surface area contributed by atoms with Crippen LogP contribution in [0.2, 0.25) is 0 Å². The van der Waals surface area contributed by atoms with Crippen molar-refractivity contribution in [2.24, 2.45) is 5.73 Å². The van der Waals surface area contributed by atoms with E-state index in [0.717, 1.165) is 6.42 Å². The number of alkyl halides is 4. The molecule has 0 heterocycles. The van der Waals surface area contributed by atoms with Gasteiger partial charge in [0.1, 0.15) is 6.17 Å². The van der Waals surface area contributed by atoms with Crippen LogP contribution in [0.25, 0.3) is 0 Å². The minimum absolute atomic E-state index is 0.148. The number of carbonyl (C=O) groups is 1. The monoisotopic (exact) mass is 217 g/mol. The molecule has 14 heavy (non-hydrogen) atoms. The second-order valence-electron chi connectivity index (χ2n) is 2.97. The Morgan fingerprint density at radius 2 is 1.79 bits per heavy atom. The molecule has 0 saturated heterocycles. The molecule has 2 unspecified atom stereocenters. The predicted octanol–water partition coefficient (Wildman–Crippen LogP) is 1.47. The maximum Gasteiger partial charge on any atom is 0.490 e. The van der Waals surface area contributed by atoms with E-state index in [-0.39, 0.29) is 6.04 Å². The van der Waals surface area contributed by atoms with E-state index >= 15 is 0 Å². The van der Waals surface area contributed by atoms with Gasteiger partial charge in [0.2, 0.25) is 0 Å². The summed E-state index contributed by atoms with van der Waals surface area (Å²) < 4.78 is 43.8. The highest BCUT2D eigenvalue weighted by atomic mass is 19.4. The van der Waals surface area contributed by atoms with E-state index in [1.807, 2.05) is 0 Å². The van der Waals surface area contributed by atoms with Crippen molar-refractivity contribution in [3.05, 3.63) is 0 Å². The Morgan fingerprint density at radius 1 is 1.36 bits per heavy atom. The predicted molar refractivity (Wildman–Crippen MR) is 40.4 cm³/mol. The van der Waals surface area contributed by atoms with Crippen LogP contribution in [0.1, 0.15) is 19.3 Å². The third-order valence-corrected chi connectivity index (χ3v) is 1.65. The fourth-order valence-electron chi connectivity index (χ4n) is 0.959. The first kappa shape index (κ1) is 13.2. The lowest BCUT2D eigenvalue weighted by molar-refractivity contribution is -0.192. The average molecular weight is 217 g/mol. The molecule has 0 aliphatic heterocycles.